The molecule has 2 rings (SSSR count). The Balaban J connectivity index is 2.30. The third kappa shape index (κ3) is 2.95. The van der Waals surface area contributed by atoms with Gasteiger partial charge in [0.15, 0.2) is 0 Å². The van der Waals surface area contributed by atoms with E-state index in [0.717, 1.165) is 11.3 Å². The molecule has 104 valence electrons. The molecule has 1 N–H and O–H groups in total. The number of benzene rings is 2. The Morgan fingerprint density at radius 2 is 1.70 bits per heavy atom. The fourth-order valence-corrected chi connectivity index (χ4v) is 1.81. The number of carbonyl (C=O) groups excluding carboxylic acids is 1. The van der Waals surface area contributed by atoms with Gasteiger partial charge in [0.1, 0.15) is 11.6 Å². The lowest BCUT2D eigenvalue weighted by molar-refractivity contribution is 0.0533. The minimum atomic E-state index is -0.619. The molecule has 0 aromatic heterocycles. The van der Waals surface area contributed by atoms with Crippen LogP contribution < -0.4 is 10.2 Å². The summed E-state index contributed by atoms with van der Waals surface area (Å²) in [5.74, 6) is -0.496. The first-order valence-electron chi connectivity index (χ1n) is 5.93. The maximum atomic E-state index is 13.9. The average molecular weight is 275 g/mol. The van der Waals surface area contributed by atoms with Gasteiger partial charge >= 0.3 is 0 Å². The van der Waals surface area contributed by atoms with Crippen molar-refractivity contribution in [2.24, 2.45) is 0 Å². The zero-order valence-corrected chi connectivity index (χ0v) is 11.1. The number of nitrogens with one attached hydrogen (secondary N) is 1. The van der Waals surface area contributed by atoms with Crippen LogP contribution in [0.4, 0.5) is 4.39 Å². The highest BCUT2D eigenvalue weighted by Crippen LogP contribution is 2.24. The molecule has 5 heteroatoms. The topological polar surface area (TPSA) is 47.6 Å². The number of hydrogen-bond acceptors (Lipinski definition) is 3. The molecule has 0 atom stereocenters. The number of carbonyl (C=O) groups is 1. The molecule has 2 aromatic carbocycles. The van der Waals surface area contributed by atoms with Crippen LogP contribution in [0.3, 0.4) is 0 Å². The quantitative estimate of drug-likeness (QED) is 0.873. The Hall–Kier alpha value is -2.40. The zero-order valence-electron chi connectivity index (χ0n) is 11.1. The first kappa shape index (κ1) is 14.0. The predicted molar refractivity (Wildman–Crippen MR) is 72.9 cm³/mol. The van der Waals surface area contributed by atoms with Crippen molar-refractivity contribution in [1.29, 1.82) is 0 Å². The van der Waals surface area contributed by atoms with E-state index in [9.17, 15) is 9.18 Å². The number of hydroxylamine groups is 1. The van der Waals surface area contributed by atoms with Gasteiger partial charge in [0.05, 0.1) is 19.8 Å². The van der Waals surface area contributed by atoms with Crippen LogP contribution in [-0.2, 0) is 4.84 Å². The van der Waals surface area contributed by atoms with Gasteiger partial charge in [-0.2, -0.15) is 0 Å². The van der Waals surface area contributed by atoms with Crippen molar-refractivity contribution in [2.45, 2.75) is 0 Å². The van der Waals surface area contributed by atoms with Crippen LogP contribution in [-0.4, -0.2) is 20.1 Å². The Morgan fingerprint density at radius 3 is 2.25 bits per heavy atom. The lowest BCUT2D eigenvalue weighted by Crippen LogP contribution is -2.22. The predicted octanol–water partition coefficient (Wildman–Crippen LogP) is 2.79. The fourth-order valence-electron chi connectivity index (χ4n) is 1.81. The summed E-state index contributed by atoms with van der Waals surface area (Å²) in [4.78, 5) is 16.0. The molecular formula is C15H14FNO3. The lowest BCUT2D eigenvalue weighted by Gasteiger charge is -2.07. The molecule has 0 saturated heterocycles. The molecule has 0 unspecified atom stereocenters. The van der Waals surface area contributed by atoms with Crippen molar-refractivity contribution in [3.05, 3.63) is 53.8 Å². The summed E-state index contributed by atoms with van der Waals surface area (Å²) in [7, 11) is 2.87. The van der Waals surface area contributed by atoms with Crippen molar-refractivity contribution >= 4 is 5.91 Å². The number of amides is 1. The number of rotatable bonds is 4. The maximum absolute atomic E-state index is 13.9. The maximum Gasteiger partial charge on any atom is 0.277 e. The van der Waals surface area contributed by atoms with Crippen LogP contribution >= 0.6 is 0 Å². The van der Waals surface area contributed by atoms with Crippen LogP contribution in [0.25, 0.3) is 11.1 Å². The minimum absolute atomic E-state index is 0.0656. The third-order valence-electron chi connectivity index (χ3n) is 2.83. The van der Waals surface area contributed by atoms with Crippen molar-refractivity contribution < 1.29 is 18.8 Å². The van der Waals surface area contributed by atoms with Gasteiger partial charge in [0.25, 0.3) is 5.91 Å². The van der Waals surface area contributed by atoms with Gasteiger partial charge in [-0.05, 0) is 35.4 Å². The number of ether oxygens (including phenoxy) is 1. The van der Waals surface area contributed by atoms with E-state index in [1.54, 1.807) is 25.3 Å². The zero-order chi connectivity index (χ0) is 14.5. The first-order valence-corrected chi connectivity index (χ1v) is 5.93. The molecule has 0 saturated carbocycles. The molecule has 1 amide bonds. The summed E-state index contributed by atoms with van der Waals surface area (Å²) in [6.45, 7) is 0. The smallest absolute Gasteiger partial charge is 0.277 e. The Morgan fingerprint density at radius 1 is 1.05 bits per heavy atom. The molecule has 0 radical (unpaired) electrons. The minimum Gasteiger partial charge on any atom is -0.497 e. The molecule has 0 fully saturated rings. The van der Waals surface area contributed by atoms with E-state index in [2.05, 4.69) is 10.3 Å². The molecule has 0 spiro atoms. The summed E-state index contributed by atoms with van der Waals surface area (Å²) in [5.41, 5.74) is 3.53. The summed E-state index contributed by atoms with van der Waals surface area (Å²) < 4.78 is 19.0. The SMILES string of the molecule is CONC(=O)c1ccc(-c2ccc(OC)cc2)cc1F. The number of methoxy groups -OCH3 is 1. The third-order valence-corrected chi connectivity index (χ3v) is 2.83. The largest absolute Gasteiger partial charge is 0.497 e. The van der Waals surface area contributed by atoms with Crippen LogP contribution in [0.5, 0.6) is 5.75 Å². The fraction of sp³-hybridized carbons (Fsp3) is 0.133. The van der Waals surface area contributed by atoms with E-state index in [0.29, 0.717) is 5.56 Å². The molecule has 0 aliphatic carbocycles. The summed E-state index contributed by atoms with van der Waals surface area (Å²) >= 11 is 0. The first-order chi connectivity index (χ1) is 9.65. The molecular weight excluding hydrogens is 261 g/mol. The second-order valence-corrected chi connectivity index (χ2v) is 4.06. The highest BCUT2D eigenvalue weighted by Gasteiger charge is 2.12. The summed E-state index contributed by atoms with van der Waals surface area (Å²) in [5, 5.41) is 0. The van der Waals surface area contributed by atoms with Crippen LogP contribution in [0.2, 0.25) is 0 Å². The molecule has 0 aliphatic heterocycles. The average Bonchev–Trinajstić information content (AvgIpc) is 2.47. The van der Waals surface area contributed by atoms with Gasteiger partial charge in [-0.3, -0.25) is 9.63 Å². The second-order valence-electron chi connectivity index (χ2n) is 4.06. The van der Waals surface area contributed by atoms with Gasteiger partial charge < -0.3 is 4.74 Å². The second kappa shape index (κ2) is 6.16. The Kier molecular flexibility index (Phi) is 4.32. The van der Waals surface area contributed by atoms with Crippen molar-refractivity contribution in [3.8, 4) is 16.9 Å². The van der Waals surface area contributed by atoms with Gasteiger partial charge in [-0.25, -0.2) is 9.87 Å². The lowest BCUT2D eigenvalue weighted by atomic mass is 10.0. The van der Waals surface area contributed by atoms with E-state index < -0.39 is 11.7 Å². The Bertz CT molecular complexity index is 611. The highest BCUT2D eigenvalue weighted by atomic mass is 19.1. The number of halogens is 1. The van der Waals surface area contributed by atoms with E-state index >= 15 is 0 Å². The normalized spacial score (nSPS) is 10.2. The standard InChI is InChI=1S/C15H14FNO3/c1-19-12-6-3-10(4-7-12)11-5-8-13(14(16)9-11)15(18)17-20-2/h3-9H,1-2H3,(H,17,18). The molecule has 0 heterocycles. The molecule has 0 bridgehead atoms. The van der Waals surface area contributed by atoms with Crippen molar-refractivity contribution in [2.75, 3.05) is 14.2 Å². The van der Waals surface area contributed by atoms with E-state index in [4.69, 9.17) is 4.74 Å². The molecule has 4 nitrogen and oxygen atoms in total. The van der Waals surface area contributed by atoms with Crippen LogP contribution in [0, 0.1) is 5.82 Å². The van der Waals surface area contributed by atoms with Crippen molar-refractivity contribution in [1.82, 2.24) is 5.48 Å². The van der Waals surface area contributed by atoms with E-state index in [1.807, 2.05) is 12.1 Å². The van der Waals surface area contributed by atoms with E-state index in [-0.39, 0.29) is 5.56 Å². The van der Waals surface area contributed by atoms with Gasteiger partial charge in [-0.1, -0.05) is 18.2 Å². The van der Waals surface area contributed by atoms with Crippen LogP contribution in [0.1, 0.15) is 10.4 Å². The monoisotopic (exact) mass is 275 g/mol. The summed E-state index contributed by atoms with van der Waals surface area (Å²) in [6.07, 6.45) is 0. The van der Waals surface area contributed by atoms with Crippen molar-refractivity contribution in [3.63, 3.8) is 0 Å². The Labute approximate surface area is 116 Å². The van der Waals surface area contributed by atoms with Crippen LogP contribution in [0.15, 0.2) is 42.5 Å². The summed E-state index contributed by atoms with van der Waals surface area (Å²) in [6, 6.07) is 11.6. The number of hydrogen-bond donors (Lipinski definition) is 1. The molecule has 20 heavy (non-hydrogen) atoms. The van der Waals surface area contributed by atoms with Gasteiger partial charge in [-0.15, -0.1) is 0 Å². The molecule has 2 aromatic rings. The molecule has 0 aliphatic rings. The van der Waals surface area contributed by atoms with E-state index in [1.165, 1.54) is 19.2 Å². The van der Waals surface area contributed by atoms with Gasteiger partial charge in [0.2, 0.25) is 0 Å². The van der Waals surface area contributed by atoms with Gasteiger partial charge in [0, 0.05) is 0 Å². The highest BCUT2D eigenvalue weighted by molar-refractivity contribution is 5.94.